The van der Waals surface area contributed by atoms with Crippen molar-refractivity contribution in [3.63, 3.8) is 0 Å². The molecule has 2 rings (SSSR count). The van der Waals surface area contributed by atoms with Crippen LogP contribution in [0.4, 0.5) is 0 Å². The minimum absolute atomic E-state index is 0.125. The normalized spacial score (nSPS) is 15.4. The van der Waals surface area contributed by atoms with Crippen molar-refractivity contribution in [2.24, 2.45) is 11.7 Å². The Morgan fingerprint density at radius 3 is 2.43 bits per heavy atom. The molecule has 0 aromatic heterocycles. The van der Waals surface area contributed by atoms with Gasteiger partial charge in [-0.25, -0.2) is 0 Å². The number of hydrogen-bond donors (Lipinski definition) is 1. The van der Waals surface area contributed by atoms with Gasteiger partial charge in [-0.1, -0.05) is 38.5 Å². The lowest BCUT2D eigenvalue weighted by Crippen LogP contribution is -2.09. The monoisotopic (exact) mass is 319 g/mol. The molecular formula is C19H29NO3. The van der Waals surface area contributed by atoms with Gasteiger partial charge in [0.05, 0.1) is 19.8 Å². The maximum atomic E-state index is 12.6. The molecule has 1 saturated carbocycles. The maximum Gasteiger partial charge on any atom is 0.166 e. The molecular weight excluding hydrogens is 290 g/mol. The van der Waals surface area contributed by atoms with Gasteiger partial charge < -0.3 is 15.2 Å². The van der Waals surface area contributed by atoms with Gasteiger partial charge in [-0.05, 0) is 24.5 Å². The summed E-state index contributed by atoms with van der Waals surface area (Å²) in [7, 11) is 3.18. The Kier molecular flexibility index (Phi) is 6.90. The number of carbonyl (C=O) groups excluding carboxylic acids is 1. The van der Waals surface area contributed by atoms with Crippen LogP contribution in [0.2, 0.25) is 0 Å². The summed E-state index contributed by atoms with van der Waals surface area (Å²) in [5.74, 6) is 2.19. The van der Waals surface area contributed by atoms with E-state index >= 15 is 0 Å². The minimum Gasteiger partial charge on any atom is -0.496 e. The predicted molar refractivity (Wildman–Crippen MR) is 92.2 cm³/mol. The van der Waals surface area contributed by atoms with E-state index in [4.69, 9.17) is 15.2 Å². The van der Waals surface area contributed by atoms with E-state index < -0.39 is 0 Å². The minimum atomic E-state index is 0.125. The van der Waals surface area contributed by atoms with E-state index in [0.29, 0.717) is 30.0 Å². The molecule has 4 nitrogen and oxygen atoms in total. The van der Waals surface area contributed by atoms with Crippen LogP contribution in [0.1, 0.15) is 67.3 Å². The average molecular weight is 319 g/mol. The first-order chi connectivity index (χ1) is 11.2. The molecule has 128 valence electrons. The molecule has 0 atom stereocenters. The fourth-order valence-corrected chi connectivity index (χ4v) is 3.50. The second-order valence-corrected chi connectivity index (χ2v) is 6.39. The number of nitrogens with two attached hydrogens (primary N) is 1. The van der Waals surface area contributed by atoms with Gasteiger partial charge in [0.15, 0.2) is 5.78 Å². The summed E-state index contributed by atoms with van der Waals surface area (Å²) < 4.78 is 10.7. The number of ether oxygens (including phenoxy) is 2. The highest BCUT2D eigenvalue weighted by Gasteiger charge is 2.18. The molecule has 0 aliphatic heterocycles. The Labute approximate surface area is 139 Å². The third-order valence-electron chi connectivity index (χ3n) is 4.86. The standard InChI is InChI=1S/C19H29NO3/c1-22-18-12-16(19(23-2)11-15(18)13-20)17(21)10-6-9-14-7-4-3-5-8-14/h11-12,14H,3-10,13,20H2,1-2H3. The number of carbonyl (C=O) groups is 1. The van der Waals surface area contributed by atoms with E-state index in [1.807, 2.05) is 6.07 Å². The highest BCUT2D eigenvalue weighted by atomic mass is 16.5. The molecule has 1 fully saturated rings. The Hall–Kier alpha value is -1.55. The van der Waals surface area contributed by atoms with Crippen molar-refractivity contribution in [3.8, 4) is 11.5 Å². The van der Waals surface area contributed by atoms with Crippen molar-refractivity contribution in [1.29, 1.82) is 0 Å². The van der Waals surface area contributed by atoms with Crippen LogP contribution in [0.5, 0.6) is 11.5 Å². The maximum absolute atomic E-state index is 12.6. The van der Waals surface area contributed by atoms with Crippen molar-refractivity contribution < 1.29 is 14.3 Å². The fraction of sp³-hybridized carbons (Fsp3) is 0.632. The first-order valence-corrected chi connectivity index (χ1v) is 8.67. The zero-order valence-electron chi connectivity index (χ0n) is 14.4. The van der Waals surface area contributed by atoms with Gasteiger partial charge >= 0.3 is 0 Å². The smallest absolute Gasteiger partial charge is 0.166 e. The predicted octanol–water partition coefficient (Wildman–Crippen LogP) is 4.10. The van der Waals surface area contributed by atoms with Crippen LogP contribution in [0.3, 0.4) is 0 Å². The van der Waals surface area contributed by atoms with Crippen molar-refractivity contribution in [2.45, 2.75) is 57.9 Å². The molecule has 2 N–H and O–H groups in total. The summed E-state index contributed by atoms with van der Waals surface area (Å²) in [4.78, 5) is 12.6. The summed E-state index contributed by atoms with van der Waals surface area (Å²) in [5.41, 5.74) is 7.17. The van der Waals surface area contributed by atoms with Crippen molar-refractivity contribution in [2.75, 3.05) is 14.2 Å². The van der Waals surface area contributed by atoms with E-state index in [2.05, 4.69) is 0 Å². The molecule has 0 saturated heterocycles. The van der Waals surface area contributed by atoms with E-state index in [-0.39, 0.29) is 5.78 Å². The van der Waals surface area contributed by atoms with E-state index in [9.17, 15) is 4.79 Å². The SMILES string of the molecule is COc1cc(C(=O)CCCC2CCCCC2)c(OC)cc1CN. The van der Waals surface area contributed by atoms with Gasteiger partial charge in [-0.2, -0.15) is 0 Å². The molecule has 1 aliphatic rings. The summed E-state index contributed by atoms with van der Waals surface area (Å²) >= 11 is 0. The van der Waals surface area contributed by atoms with Crippen LogP contribution >= 0.6 is 0 Å². The lowest BCUT2D eigenvalue weighted by molar-refractivity contribution is 0.0973. The largest absolute Gasteiger partial charge is 0.496 e. The molecule has 0 unspecified atom stereocenters. The van der Waals surface area contributed by atoms with Gasteiger partial charge in [-0.3, -0.25) is 4.79 Å². The van der Waals surface area contributed by atoms with Gasteiger partial charge in [0.25, 0.3) is 0 Å². The molecule has 0 radical (unpaired) electrons. The molecule has 0 amide bonds. The molecule has 1 aromatic carbocycles. The van der Waals surface area contributed by atoms with Crippen molar-refractivity contribution in [1.82, 2.24) is 0 Å². The number of methoxy groups -OCH3 is 2. The Balaban J connectivity index is 1.99. The second kappa shape index (κ2) is 8.92. The van der Waals surface area contributed by atoms with Crippen LogP contribution in [0.25, 0.3) is 0 Å². The van der Waals surface area contributed by atoms with Gasteiger partial charge in [0.2, 0.25) is 0 Å². The summed E-state index contributed by atoms with van der Waals surface area (Å²) in [6.07, 6.45) is 9.42. The fourth-order valence-electron chi connectivity index (χ4n) is 3.50. The average Bonchev–Trinajstić information content (AvgIpc) is 2.61. The quantitative estimate of drug-likeness (QED) is 0.733. The number of rotatable bonds is 8. The second-order valence-electron chi connectivity index (χ2n) is 6.39. The van der Waals surface area contributed by atoms with Gasteiger partial charge in [0.1, 0.15) is 11.5 Å². The highest BCUT2D eigenvalue weighted by Crippen LogP contribution is 2.31. The molecule has 23 heavy (non-hydrogen) atoms. The molecule has 0 spiro atoms. The highest BCUT2D eigenvalue weighted by molar-refractivity contribution is 5.99. The summed E-state index contributed by atoms with van der Waals surface area (Å²) in [6.45, 7) is 0.357. The lowest BCUT2D eigenvalue weighted by Gasteiger charge is -2.21. The number of ketones is 1. The molecule has 0 heterocycles. The summed E-state index contributed by atoms with van der Waals surface area (Å²) in [6, 6.07) is 3.58. The van der Waals surface area contributed by atoms with Gasteiger partial charge in [-0.15, -0.1) is 0 Å². The topological polar surface area (TPSA) is 61.5 Å². The van der Waals surface area contributed by atoms with E-state index in [1.54, 1.807) is 20.3 Å². The van der Waals surface area contributed by atoms with Crippen LogP contribution in [-0.2, 0) is 6.54 Å². The molecule has 1 aromatic rings. The lowest BCUT2D eigenvalue weighted by atomic mass is 9.85. The van der Waals surface area contributed by atoms with Crippen molar-refractivity contribution >= 4 is 5.78 Å². The molecule has 1 aliphatic carbocycles. The molecule has 0 bridgehead atoms. The first kappa shape index (κ1) is 17.8. The van der Waals surface area contributed by atoms with Crippen LogP contribution < -0.4 is 15.2 Å². The van der Waals surface area contributed by atoms with E-state index in [1.165, 1.54) is 32.1 Å². The Morgan fingerprint density at radius 2 is 1.83 bits per heavy atom. The number of Topliss-reactive ketones (excluding diaryl/α,β-unsaturated/α-hetero) is 1. The number of benzene rings is 1. The number of hydrogen-bond acceptors (Lipinski definition) is 4. The Morgan fingerprint density at radius 1 is 1.13 bits per heavy atom. The van der Waals surface area contributed by atoms with Crippen LogP contribution in [0, 0.1) is 5.92 Å². The van der Waals surface area contributed by atoms with Crippen LogP contribution in [0.15, 0.2) is 12.1 Å². The first-order valence-electron chi connectivity index (χ1n) is 8.67. The van der Waals surface area contributed by atoms with Gasteiger partial charge in [0, 0.05) is 18.5 Å². The van der Waals surface area contributed by atoms with Crippen LogP contribution in [-0.4, -0.2) is 20.0 Å². The van der Waals surface area contributed by atoms with E-state index in [0.717, 1.165) is 24.3 Å². The third-order valence-corrected chi connectivity index (χ3v) is 4.86. The third kappa shape index (κ3) is 4.71. The molecule has 4 heteroatoms. The zero-order valence-corrected chi connectivity index (χ0v) is 14.4. The zero-order chi connectivity index (χ0) is 16.7. The van der Waals surface area contributed by atoms with Crippen molar-refractivity contribution in [3.05, 3.63) is 23.3 Å². The Bertz CT molecular complexity index is 522. The summed E-state index contributed by atoms with van der Waals surface area (Å²) in [5, 5.41) is 0.